The van der Waals surface area contributed by atoms with E-state index in [2.05, 4.69) is 47.5 Å². The molecule has 0 atom stereocenters. The number of halogens is 3. The van der Waals surface area contributed by atoms with Gasteiger partial charge < -0.3 is 9.47 Å². The lowest BCUT2D eigenvalue weighted by Crippen LogP contribution is -2.24. The van der Waals surface area contributed by atoms with E-state index >= 15 is 0 Å². The summed E-state index contributed by atoms with van der Waals surface area (Å²) in [5.41, 5.74) is 5.88. The topological polar surface area (TPSA) is 77.7 Å². The van der Waals surface area contributed by atoms with Gasteiger partial charge in [-0.2, -0.15) is 10.2 Å². The standard InChI is InChI=1S/C22H21Br2ClN4O3/c1-13-21(24)14(2)29(28-13)11-20(30)27-26-10-16-8-18(23)22(19(9-16)31-3)32-12-15-5-4-6-17(25)7-15/h4-10H,11-12H2,1-3H3,(H,27,30)/b26-10+. The molecular weight excluding hydrogens is 564 g/mol. The van der Waals surface area contributed by atoms with Crippen molar-refractivity contribution in [2.75, 3.05) is 7.11 Å². The molecule has 1 N–H and O–H groups in total. The first-order valence-corrected chi connectivity index (χ1v) is 11.5. The Hall–Kier alpha value is -2.36. The van der Waals surface area contributed by atoms with Gasteiger partial charge in [0.15, 0.2) is 11.5 Å². The minimum Gasteiger partial charge on any atom is -0.493 e. The molecule has 3 aromatic rings. The number of nitrogens with zero attached hydrogens (tertiary/aromatic N) is 3. The van der Waals surface area contributed by atoms with Gasteiger partial charge in [-0.15, -0.1) is 0 Å². The van der Waals surface area contributed by atoms with Crippen LogP contribution in [-0.2, 0) is 17.9 Å². The van der Waals surface area contributed by atoms with Gasteiger partial charge in [-0.05, 0) is 81.1 Å². The molecule has 2 aromatic carbocycles. The van der Waals surface area contributed by atoms with E-state index in [1.54, 1.807) is 17.9 Å². The Morgan fingerprint density at radius 2 is 2.06 bits per heavy atom. The highest BCUT2D eigenvalue weighted by Crippen LogP contribution is 2.37. The number of hydrogen-bond donors (Lipinski definition) is 1. The van der Waals surface area contributed by atoms with Gasteiger partial charge in [0.2, 0.25) is 0 Å². The molecule has 0 fully saturated rings. The largest absolute Gasteiger partial charge is 0.493 e. The fourth-order valence-corrected chi connectivity index (χ4v) is 3.99. The first-order chi connectivity index (χ1) is 15.3. The van der Waals surface area contributed by atoms with Crippen LogP contribution >= 0.6 is 43.5 Å². The van der Waals surface area contributed by atoms with Crippen molar-refractivity contribution in [1.82, 2.24) is 15.2 Å². The summed E-state index contributed by atoms with van der Waals surface area (Å²) in [6, 6.07) is 11.0. The molecule has 32 heavy (non-hydrogen) atoms. The third-order valence-corrected chi connectivity index (χ3v) is 6.49. The molecule has 3 rings (SSSR count). The zero-order chi connectivity index (χ0) is 23.3. The lowest BCUT2D eigenvalue weighted by atomic mass is 10.2. The molecule has 0 aliphatic heterocycles. The maximum Gasteiger partial charge on any atom is 0.261 e. The SMILES string of the molecule is COc1cc(/C=N/NC(=O)Cn2nc(C)c(Br)c2C)cc(Br)c1OCc1cccc(Cl)c1. The fourth-order valence-electron chi connectivity index (χ4n) is 2.92. The number of benzene rings is 2. The number of carbonyl (C=O) groups excluding carboxylic acids is 1. The van der Waals surface area contributed by atoms with Crippen molar-refractivity contribution in [3.63, 3.8) is 0 Å². The molecule has 0 aliphatic rings. The Bertz CT molecular complexity index is 1160. The monoisotopic (exact) mass is 582 g/mol. The molecule has 0 saturated carbocycles. The second kappa shape index (κ2) is 11.0. The molecule has 1 amide bonds. The summed E-state index contributed by atoms with van der Waals surface area (Å²) in [5, 5.41) is 9.00. The maximum atomic E-state index is 12.2. The second-order valence-corrected chi connectivity index (χ2v) is 8.97. The lowest BCUT2D eigenvalue weighted by Gasteiger charge is -2.13. The Morgan fingerprint density at radius 3 is 2.72 bits per heavy atom. The van der Waals surface area contributed by atoms with Gasteiger partial charge in [0.25, 0.3) is 5.91 Å². The zero-order valence-corrected chi connectivity index (χ0v) is 21.6. The first kappa shape index (κ1) is 24.3. The number of ether oxygens (including phenoxy) is 2. The van der Waals surface area contributed by atoms with Gasteiger partial charge in [-0.1, -0.05) is 23.7 Å². The number of amides is 1. The highest BCUT2D eigenvalue weighted by Gasteiger charge is 2.13. The van der Waals surface area contributed by atoms with Crippen molar-refractivity contribution >= 4 is 55.6 Å². The van der Waals surface area contributed by atoms with Gasteiger partial charge >= 0.3 is 0 Å². The van der Waals surface area contributed by atoms with Crippen molar-refractivity contribution in [3.05, 3.63) is 72.9 Å². The summed E-state index contributed by atoms with van der Waals surface area (Å²) in [7, 11) is 1.56. The molecule has 0 aliphatic carbocycles. The molecule has 0 spiro atoms. The van der Waals surface area contributed by atoms with Gasteiger partial charge in [0.05, 0.1) is 33.7 Å². The van der Waals surface area contributed by atoms with Crippen LogP contribution in [0.1, 0.15) is 22.5 Å². The Balaban J connectivity index is 1.65. The summed E-state index contributed by atoms with van der Waals surface area (Å²) in [6.45, 7) is 4.16. The summed E-state index contributed by atoms with van der Waals surface area (Å²) >= 11 is 13.0. The Morgan fingerprint density at radius 1 is 1.28 bits per heavy atom. The van der Waals surface area contributed by atoms with Gasteiger partial charge in [-0.3, -0.25) is 9.48 Å². The first-order valence-electron chi connectivity index (χ1n) is 9.54. The number of carbonyl (C=O) groups is 1. The number of aromatic nitrogens is 2. The summed E-state index contributed by atoms with van der Waals surface area (Å²) < 4.78 is 14.6. The number of aryl methyl sites for hydroxylation is 1. The van der Waals surface area contributed by atoms with E-state index in [0.29, 0.717) is 27.6 Å². The van der Waals surface area contributed by atoms with Gasteiger partial charge in [0, 0.05) is 5.02 Å². The van der Waals surface area contributed by atoms with Crippen LogP contribution in [0.25, 0.3) is 0 Å². The van der Waals surface area contributed by atoms with E-state index in [4.69, 9.17) is 21.1 Å². The summed E-state index contributed by atoms with van der Waals surface area (Å²) in [4.78, 5) is 12.2. The molecule has 1 aromatic heterocycles. The van der Waals surface area contributed by atoms with Crippen LogP contribution in [0.2, 0.25) is 5.02 Å². The molecule has 0 saturated heterocycles. The predicted molar refractivity (Wildman–Crippen MR) is 132 cm³/mol. The van der Waals surface area contributed by atoms with Gasteiger partial charge in [0.1, 0.15) is 13.2 Å². The summed E-state index contributed by atoms with van der Waals surface area (Å²) in [5.74, 6) is 0.803. The van der Waals surface area contributed by atoms with Crippen LogP contribution < -0.4 is 14.9 Å². The van der Waals surface area contributed by atoms with Gasteiger partial charge in [-0.25, -0.2) is 5.43 Å². The third-order valence-electron chi connectivity index (χ3n) is 4.51. The molecule has 7 nitrogen and oxygen atoms in total. The van der Waals surface area contributed by atoms with Crippen LogP contribution in [0.15, 0.2) is 50.4 Å². The number of nitrogens with one attached hydrogen (secondary N) is 1. The average molecular weight is 585 g/mol. The molecular formula is C22H21Br2ClN4O3. The Kier molecular flexibility index (Phi) is 8.33. The highest BCUT2D eigenvalue weighted by atomic mass is 79.9. The smallest absolute Gasteiger partial charge is 0.261 e. The van der Waals surface area contributed by atoms with Crippen LogP contribution in [0.4, 0.5) is 0 Å². The quantitative estimate of drug-likeness (QED) is 0.284. The molecule has 168 valence electrons. The minimum atomic E-state index is -0.285. The van der Waals surface area contributed by atoms with E-state index < -0.39 is 0 Å². The van der Waals surface area contributed by atoms with Crippen molar-refractivity contribution < 1.29 is 14.3 Å². The molecule has 0 unspecified atom stereocenters. The highest BCUT2D eigenvalue weighted by molar-refractivity contribution is 9.10. The van der Waals surface area contributed by atoms with E-state index in [1.807, 2.05) is 44.2 Å². The lowest BCUT2D eigenvalue weighted by molar-refractivity contribution is -0.121. The summed E-state index contributed by atoms with van der Waals surface area (Å²) in [6.07, 6.45) is 1.53. The van der Waals surface area contributed by atoms with Crippen LogP contribution in [0.3, 0.4) is 0 Å². The Labute approximate surface area is 208 Å². The van der Waals surface area contributed by atoms with Crippen LogP contribution in [0.5, 0.6) is 11.5 Å². The molecule has 10 heteroatoms. The van der Waals surface area contributed by atoms with Crippen molar-refractivity contribution in [3.8, 4) is 11.5 Å². The van der Waals surface area contributed by atoms with Crippen molar-refractivity contribution in [1.29, 1.82) is 0 Å². The molecule has 1 heterocycles. The average Bonchev–Trinajstić information content (AvgIpc) is 2.99. The van der Waals surface area contributed by atoms with E-state index in [-0.39, 0.29) is 12.5 Å². The second-order valence-electron chi connectivity index (χ2n) is 6.89. The third kappa shape index (κ3) is 6.11. The fraction of sp³-hybridized carbons (Fsp3) is 0.227. The van der Waals surface area contributed by atoms with E-state index in [0.717, 1.165) is 27.0 Å². The predicted octanol–water partition coefficient (Wildman–Crippen LogP) is 5.42. The number of methoxy groups -OCH3 is 1. The number of hydrogen-bond acceptors (Lipinski definition) is 5. The number of hydrazone groups is 1. The van der Waals surface area contributed by atoms with E-state index in [1.165, 1.54) is 6.21 Å². The maximum absolute atomic E-state index is 12.2. The molecule has 0 radical (unpaired) electrons. The minimum absolute atomic E-state index is 0.0684. The normalized spacial score (nSPS) is 11.1. The van der Waals surface area contributed by atoms with Crippen molar-refractivity contribution in [2.45, 2.75) is 27.0 Å². The zero-order valence-electron chi connectivity index (χ0n) is 17.7. The van der Waals surface area contributed by atoms with E-state index in [9.17, 15) is 4.79 Å². The van der Waals surface area contributed by atoms with Crippen LogP contribution in [0, 0.1) is 13.8 Å². The number of rotatable bonds is 8. The van der Waals surface area contributed by atoms with Crippen molar-refractivity contribution in [2.24, 2.45) is 5.10 Å². The van der Waals surface area contributed by atoms with Crippen LogP contribution in [-0.4, -0.2) is 29.0 Å². The molecule has 0 bridgehead atoms.